The Balaban J connectivity index is 2.26. The second-order valence-electron chi connectivity index (χ2n) is 4.06. The van der Waals surface area contributed by atoms with Gasteiger partial charge in [-0.25, -0.2) is 0 Å². The summed E-state index contributed by atoms with van der Waals surface area (Å²) < 4.78 is 10.9. The van der Waals surface area contributed by atoms with Crippen LogP contribution in [0.3, 0.4) is 0 Å². The van der Waals surface area contributed by atoms with Gasteiger partial charge in [0.1, 0.15) is 28.9 Å². The number of rotatable bonds is 5. The van der Waals surface area contributed by atoms with E-state index < -0.39 is 4.92 Å². The van der Waals surface area contributed by atoms with Crippen LogP contribution in [-0.2, 0) is 0 Å². The first-order chi connectivity index (χ1) is 10.1. The number of nitro benzene ring substituents is 1. The molecule has 21 heavy (non-hydrogen) atoms. The van der Waals surface area contributed by atoms with E-state index in [0.717, 1.165) is 0 Å². The molecule has 0 aliphatic heterocycles. The molecule has 0 saturated carbocycles. The van der Waals surface area contributed by atoms with Crippen molar-refractivity contribution in [1.29, 1.82) is 5.26 Å². The first kappa shape index (κ1) is 14.3. The molecule has 0 heterocycles. The Hall–Kier alpha value is -3.07. The van der Waals surface area contributed by atoms with Crippen LogP contribution in [0, 0.1) is 21.4 Å². The SMILES string of the molecule is CCOc1cccc(Oc2ccc([N+](=O)[O-])c(C#N)c2)c1. The summed E-state index contributed by atoms with van der Waals surface area (Å²) in [4.78, 5) is 10.2. The molecule has 0 fully saturated rings. The summed E-state index contributed by atoms with van der Waals surface area (Å²) in [7, 11) is 0. The van der Waals surface area contributed by atoms with Gasteiger partial charge < -0.3 is 9.47 Å². The maximum atomic E-state index is 10.8. The topological polar surface area (TPSA) is 85.4 Å². The number of nitrogens with zero attached hydrogens (tertiary/aromatic N) is 2. The lowest BCUT2D eigenvalue weighted by Crippen LogP contribution is -1.94. The summed E-state index contributed by atoms with van der Waals surface area (Å²) in [6, 6.07) is 12.8. The Labute approximate surface area is 121 Å². The summed E-state index contributed by atoms with van der Waals surface area (Å²) in [5.74, 6) is 1.54. The quantitative estimate of drug-likeness (QED) is 0.617. The van der Waals surface area contributed by atoms with Crippen molar-refractivity contribution in [3.63, 3.8) is 0 Å². The first-order valence-corrected chi connectivity index (χ1v) is 6.23. The van der Waals surface area contributed by atoms with E-state index in [-0.39, 0.29) is 11.3 Å². The number of benzene rings is 2. The van der Waals surface area contributed by atoms with Crippen molar-refractivity contribution < 1.29 is 14.4 Å². The van der Waals surface area contributed by atoms with Crippen molar-refractivity contribution >= 4 is 5.69 Å². The molecule has 0 bridgehead atoms. The summed E-state index contributed by atoms with van der Waals surface area (Å²) in [6.07, 6.45) is 0. The van der Waals surface area contributed by atoms with Gasteiger partial charge in [-0.15, -0.1) is 0 Å². The summed E-state index contributed by atoms with van der Waals surface area (Å²) in [5, 5.41) is 19.7. The Kier molecular flexibility index (Phi) is 4.36. The molecule has 6 heteroatoms. The van der Waals surface area contributed by atoms with Crippen LogP contribution in [0.1, 0.15) is 12.5 Å². The van der Waals surface area contributed by atoms with Crippen molar-refractivity contribution in [1.82, 2.24) is 0 Å². The molecule has 0 aliphatic rings. The molecule has 2 aromatic carbocycles. The van der Waals surface area contributed by atoms with Gasteiger partial charge in [0.05, 0.1) is 11.5 Å². The minimum absolute atomic E-state index is 0.0431. The standard InChI is InChI=1S/C15H12N2O4/c1-2-20-12-4-3-5-13(9-12)21-14-6-7-15(17(18)19)11(8-14)10-16/h3-9H,2H2,1H3. The molecular formula is C15H12N2O4. The predicted octanol–water partition coefficient (Wildman–Crippen LogP) is 3.66. The Morgan fingerprint density at radius 1 is 1.19 bits per heavy atom. The third-order valence-electron chi connectivity index (χ3n) is 2.64. The van der Waals surface area contributed by atoms with E-state index >= 15 is 0 Å². The van der Waals surface area contributed by atoms with Crippen LogP contribution in [0.4, 0.5) is 5.69 Å². The Bertz CT molecular complexity index is 707. The van der Waals surface area contributed by atoms with Gasteiger partial charge in [-0.2, -0.15) is 5.26 Å². The average Bonchev–Trinajstić information content (AvgIpc) is 2.47. The van der Waals surface area contributed by atoms with E-state index in [0.29, 0.717) is 23.9 Å². The average molecular weight is 284 g/mol. The molecule has 2 rings (SSSR count). The van der Waals surface area contributed by atoms with Crippen LogP contribution in [0.2, 0.25) is 0 Å². The van der Waals surface area contributed by atoms with E-state index in [4.69, 9.17) is 14.7 Å². The lowest BCUT2D eigenvalue weighted by molar-refractivity contribution is -0.385. The lowest BCUT2D eigenvalue weighted by Gasteiger charge is -2.08. The lowest BCUT2D eigenvalue weighted by atomic mass is 10.2. The van der Waals surface area contributed by atoms with E-state index in [9.17, 15) is 10.1 Å². The molecule has 0 aliphatic carbocycles. The Morgan fingerprint density at radius 2 is 1.90 bits per heavy atom. The zero-order valence-corrected chi connectivity index (χ0v) is 11.3. The van der Waals surface area contributed by atoms with Crippen LogP contribution in [0.15, 0.2) is 42.5 Å². The molecule has 0 unspecified atom stereocenters. The van der Waals surface area contributed by atoms with Gasteiger partial charge >= 0.3 is 0 Å². The second-order valence-corrected chi connectivity index (χ2v) is 4.06. The van der Waals surface area contributed by atoms with Gasteiger partial charge in [-0.1, -0.05) is 6.07 Å². The van der Waals surface area contributed by atoms with Crippen molar-refractivity contribution in [2.24, 2.45) is 0 Å². The van der Waals surface area contributed by atoms with Crippen molar-refractivity contribution in [3.05, 3.63) is 58.1 Å². The molecule has 106 valence electrons. The molecule has 0 aromatic heterocycles. The smallest absolute Gasteiger partial charge is 0.287 e. The molecule has 0 N–H and O–H groups in total. The highest BCUT2D eigenvalue weighted by Gasteiger charge is 2.14. The molecule has 6 nitrogen and oxygen atoms in total. The van der Waals surface area contributed by atoms with Gasteiger partial charge in [-0.05, 0) is 25.1 Å². The second kappa shape index (κ2) is 6.39. The summed E-state index contributed by atoms with van der Waals surface area (Å²) >= 11 is 0. The van der Waals surface area contributed by atoms with Gasteiger partial charge in [0, 0.05) is 18.2 Å². The van der Waals surface area contributed by atoms with Crippen molar-refractivity contribution in [2.75, 3.05) is 6.61 Å². The molecule has 0 radical (unpaired) electrons. The number of ether oxygens (including phenoxy) is 2. The van der Waals surface area contributed by atoms with E-state index in [1.165, 1.54) is 18.2 Å². The van der Waals surface area contributed by atoms with E-state index in [1.54, 1.807) is 30.3 Å². The van der Waals surface area contributed by atoms with Crippen LogP contribution in [0.5, 0.6) is 17.2 Å². The number of nitriles is 1. The third-order valence-corrected chi connectivity index (χ3v) is 2.64. The number of hydrogen-bond donors (Lipinski definition) is 0. The molecule has 2 aromatic rings. The third kappa shape index (κ3) is 3.48. The van der Waals surface area contributed by atoms with Gasteiger partial charge in [-0.3, -0.25) is 10.1 Å². The number of nitro groups is 1. The minimum Gasteiger partial charge on any atom is -0.494 e. The van der Waals surface area contributed by atoms with Crippen molar-refractivity contribution in [2.45, 2.75) is 6.92 Å². The maximum Gasteiger partial charge on any atom is 0.287 e. The van der Waals surface area contributed by atoms with Crippen LogP contribution >= 0.6 is 0 Å². The summed E-state index contributed by atoms with van der Waals surface area (Å²) in [6.45, 7) is 2.42. The Morgan fingerprint density at radius 3 is 2.57 bits per heavy atom. The first-order valence-electron chi connectivity index (χ1n) is 6.23. The molecule has 0 amide bonds. The molecule has 0 spiro atoms. The highest BCUT2D eigenvalue weighted by Crippen LogP contribution is 2.29. The molecule has 0 saturated heterocycles. The van der Waals surface area contributed by atoms with Gasteiger partial charge in [0.15, 0.2) is 0 Å². The van der Waals surface area contributed by atoms with Crippen LogP contribution in [0.25, 0.3) is 0 Å². The van der Waals surface area contributed by atoms with E-state index in [1.807, 2.05) is 6.92 Å². The fraction of sp³-hybridized carbons (Fsp3) is 0.133. The van der Waals surface area contributed by atoms with Gasteiger partial charge in [0.2, 0.25) is 0 Å². The largest absolute Gasteiger partial charge is 0.494 e. The molecule has 0 atom stereocenters. The normalized spacial score (nSPS) is 9.71. The fourth-order valence-corrected chi connectivity index (χ4v) is 1.76. The van der Waals surface area contributed by atoms with Crippen LogP contribution in [-0.4, -0.2) is 11.5 Å². The fourth-order valence-electron chi connectivity index (χ4n) is 1.76. The zero-order valence-electron chi connectivity index (χ0n) is 11.3. The van der Waals surface area contributed by atoms with Crippen molar-refractivity contribution in [3.8, 4) is 23.3 Å². The minimum atomic E-state index is -0.599. The highest BCUT2D eigenvalue weighted by molar-refractivity contribution is 5.53. The summed E-state index contributed by atoms with van der Waals surface area (Å²) in [5.41, 5.74) is -0.286. The number of hydrogen-bond acceptors (Lipinski definition) is 5. The highest BCUT2D eigenvalue weighted by atomic mass is 16.6. The zero-order chi connectivity index (χ0) is 15.2. The van der Waals surface area contributed by atoms with E-state index in [2.05, 4.69) is 0 Å². The molecular weight excluding hydrogens is 272 g/mol. The van der Waals surface area contributed by atoms with Crippen LogP contribution < -0.4 is 9.47 Å². The van der Waals surface area contributed by atoms with Gasteiger partial charge in [0.25, 0.3) is 5.69 Å². The maximum absolute atomic E-state index is 10.8. The monoisotopic (exact) mass is 284 g/mol. The predicted molar refractivity (Wildman–Crippen MR) is 75.5 cm³/mol.